The summed E-state index contributed by atoms with van der Waals surface area (Å²) in [4.78, 5) is 33.2. The van der Waals surface area contributed by atoms with E-state index >= 15 is 0 Å². The molecule has 4 aromatic rings. The van der Waals surface area contributed by atoms with Crippen LogP contribution in [0.3, 0.4) is 0 Å². The van der Waals surface area contributed by atoms with Crippen molar-refractivity contribution in [2.45, 2.75) is 17.3 Å². The van der Waals surface area contributed by atoms with E-state index in [0.29, 0.717) is 26.1 Å². The van der Waals surface area contributed by atoms with E-state index in [0.717, 1.165) is 11.1 Å². The van der Waals surface area contributed by atoms with Gasteiger partial charge in [-0.15, -0.1) is 11.3 Å². The molecule has 0 fully saturated rings. The molecule has 0 bridgehead atoms. The molecule has 2 aromatic carbocycles. The minimum Gasteiger partial charge on any atom is -0.325 e. The van der Waals surface area contributed by atoms with Crippen molar-refractivity contribution < 1.29 is 4.79 Å². The summed E-state index contributed by atoms with van der Waals surface area (Å²) < 4.78 is 0. The van der Waals surface area contributed by atoms with Gasteiger partial charge in [0.05, 0.1) is 10.6 Å². The van der Waals surface area contributed by atoms with Crippen LogP contribution in [0, 0.1) is 0 Å². The highest BCUT2D eigenvalue weighted by Crippen LogP contribution is 2.32. The van der Waals surface area contributed by atoms with E-state index in [2.05, 4.69) is 15.3 Å². The fraction of sp³-hybridized carbons (Fsp3) is 0.0952. The van der Waals surface area contributed by atoms with Crippen LogP contribution in [0.5, 0.6) is 0 Å². The number of hydrogen-bond acceptors (Lipinski definition) is 5. The monoisotopic (exact) mass is 441 g/mol. The molecule has 2 aromatic heterocycles. The number of nitrogens with zero attached hydrogens (tertiary/aromatic N) is 1. The number of H-pyrrole nitrogens is 1. The third kappa shape index (κ3) is 4.37. The van der Waals surface area contributed by atoms with Crippen LogP contribution in [0.15, 0.2) is 69.9 Å². The number of thioether (sulfide) groups is 1. The molecule has 1 amide bonds. The summed E-state index contributed by atoms with van der Waals surface area (Å²) in [5, 5.41) is 5.83. The zero-order valence-electron chi connectivity index (χ0n) is 15.3. The second-order valence-corrected chi connectivity index (χ2v) is 8.95. The SMILES string of the molecule is C[C@@H](Sc1nc2scc(-c3ccccc3)c2c(=O)[nH]1)C(=O)Nc1cccc(Cl)c1. The molecule has 0 unspecified atom stereocenters. The highest BCUT2D eigenvalue weighted by Gasteiger charge is 2.18. The van der Waals surface area contributed by atoms with Crippen LogP contribution < -0.4 is 10.9 Å². The Labute approximate surface area is 180 Å². The molecule has 29 heavy (non-hydrogen) atoms. The molecule has 1 atom stereocenters. The number of nitrogens with one attached hydrogen (secondary N) is 2. The summed E-state index contributed by atoms with van der Waals surface area (Å²) >= 11 is 8.57. The second-order valence-electron chi connectivity index (χ2n) is 6.33. The molecule has 2 heterocycles. The molecule has 0 aliphatic carbocycles. The first-order chi connectivity index (χ1) is 14.0. The van der Waals surface area contributed by atoms with Crippen molar-refractivity contribution in [3.8, 4) is 11.1 Å². The Hall–Kier alpha value is -2.61. The molecular weight excluding hydrogens is 426 g/mol. The fourth-order valence-electron chi connectivity index (χ4n) is 2.85. The van der Waals surface area contributed by atoms with Gasteiger partial charge in [-0.2, -0.15) is 0 Å². The van der Waals surface area contributed by atoms with Crippen LogP contribution in [0.4, 0.5) is 5.69 Å². The Morgan fingerprint density at radius 1 is 1.21 bits per heavy atom. The number of aromatic nitrogens is 2. The number of carbonyl (C=O) groups is 1. The Morgan fingerprint density at radius 2 is 2.00 bits per heavy atom. The molecule has 0 spiro atoms. The average molecular weight is 442 g/mol. The topological polar surface area (TPSA) is 74.8 Å². The largest absolute Gasteiger partial charge is 0.325 e. The average Bonchev–Trinajstić information content (AvgIpc) is 3.13. The maximum atomic E-state index is 12.7. The lowest BCUT2D eigenvalue weighted by atomic mass is 10.1. The van der Waals surface area contributed by atoms with Gasteiger partial charge in [-0.1, -0.05) is 59.8 Å². The van der Waals surface area contributed by atoms with Gasteiger partial charge in [-0.3, -0.25) is 9.59 Å². The Morgan fingerprint density at radius 3 is 2.76 bits per heavy atom. The first kappa shape index (κ1) is 19.7. The number of benzene rings is 2. The van der Waals surface area contributed by atoms with Crippen LogP contribution in [-0.4, -0.2) is 21.1 Å². The number of fused-ring (bicyclic) bond motifs is 1. The maximum Gasteiger partial charge on any atom is 0.260 e. The van der Waals surface area contributed by atoms with E-state index in [1.54, 1.807) is 31.2 Å². The Balaban J connectivity index is 1.55. The van der Waals surface area contributed by atoms with Gasteiger partial charge in [0.2, 0.25) is 5.91 Å². The molecule has 2 N–H and O–H groups in total. The lowest BCUT2D eigenvalue weighted by molar-refractivity contribution is -0.115. The Bertz CT molecular complexity index is 1240. The zero-order valence-corrected chi connectivity index (χ0v) is 17.7. The van der Waals surface area contributed by atoms with Crippen LogP contribution in [-0.2, 0) is 4.79 Å². The number of anilines is 1. The van der Waals surface area contributed by atoms with E-state index in [1.807, 2.05) is 35.7 Å². The number of hydrogen-bond donors (Lipinski definition) is 2. The lowest BCUT2D eigenvalue weighted by Crippen LogP contribution is -2.23. The zero-order chi connectivity index (χ0) is 20.4. The van der Waals surface area contributed by atoms with Gasteiger partial charge in [0, 0.05) is 21.7 Å². The number of thiophene rings is 1. The first-order valence-electron chi connectivity index (χ1n) is 8.81. The highest BCUT2D eigenvalue weighted by molar-refractivity contribution is 8.00. The molecule has 8 heteroatoms. The van der Waals surface area contributed by atoms with Gasteiger partial charge in [0.15, 0.2) is 5.16 Å². The number of aromatic amines is 1. The number of amides is 1. The van der Waals surface area contributed by atoms with Gasteiger partial charge in [-0.05, 0) is 30.7 Å². The molecule has 146 valence electrons. The van der Waals surface area contributed by atoms with Crippen molar-refractivity contribution in [2.24, 2.45) is 0 Å². The van der Waals surface area contributed by atoms with Gasteiger partial charge >= 0.3 is 0 Å². The number of carbonyl (C=O) groups excluding carboxylic acids is 1. The summed E-state index contributed by atoms with van der Waals surface area (Å²) in [6, 6.07) is 16.7. The minimum absolute atomic E-state index is 0.198. The molecule has 0 radical (unpaired) electrons. The van der Waals surface area contributed by atoms with Crippen LogP contribution in [0.25, 0.3) is 21.3 Å². The summed E-state index contributed by atoms with van der Waals surface area (Å²) in [7, 11) is 0. The highest BCUT2D eigenvalue weighted by atomic mass is 35.5. The normalized spacial score (nSPS) is 12.1. The van der Waals surface area contributed by atoms with E-state index in [1.165, 1.54) is 23.1 Å². The van der Waals surface area contributed by atoms with Crippen molar-refractivity contribution in [3.63, 3.8) is 0 Å². The third-order valence-corrected chi connectivity index (χ3v) is 6.35. The van der Waals surface area contributed by atoms with E-state index in [-0.39, 0.29) is 11.5 Å². The predicted octanol–water partition coefficient (Wildman–Crippen LogP) is 5.42. The third-order valence-electron chi connectivity index (χ3n) is 4.26. The summed E-state index contributed by atoms with van der Waals surface area (Å²) in [5.74, 6) is -0.198. The smallest absolute Gasteiger partial charge is 0.260 e. The number of rotatable bonds is 5. The fourth-order valence-corrected chi connectivity index (χ4v) is 4.84. The molecule has 0 saturated carbocycles. The Kier molecular flexibility index (Phi) is 5.71. The van der Waals surface area contributed by atoms with E-state index in [4.69, 9.17) is 11.6 Å². The van der Waals surface area contributed by atoms with Gasteiger partial charge in [-0.25, -0.2) is 4.98 Å². The molecule has 0 aliphatic heterocycles. The van der Waals surface area contributed by atoms with Gasteiger partial charge in [0.1, 0.15) is 4.83 Å². The number of halogens is 1. The van der Waals surface area contributed by atoms with Crippen molar-refractivity contribution in [2.75, 3.05) is 5.32 Å². The summed E-state index contributed by atoms with van der Waals surface area (Å²) in [5.41, 5.74) is 2.25. The quantitative estimate of drug-likeness (QED) is 0.320. The lowest BCUT2D eigenvalue weighted by Gasteiger charge is -2.11. The van der Waals surface area contributed by atoms with Crippen molar-refractivity contribution in [1.82, 2.24) is 9.97 Å². The standard InChI is InChI=1S/C21H16ClN3O2S2/c1-12(18(26)23-15-9-5-8-14(22)10-15)29-21-24-19(27)17-16(11-28-20(17)25-21)13-6-3-2-4-7-13/h2-12H,1H3,(H,23,26)(H,24,25,27)/t12-/m1/s1. The van der Waals surface area contributed by atoms with Crippen molar-refractivity contribution >= 4 is 56.5 Å². The van der Waals surface area contributed by atoms with Gasteiger partial charge < -0.3 is 10.3 Å². The molecule has 4 rings (SSSR count). The minimum atomic E-state index is -0.455. The first-order valence-corrected chi connectivity index (χ1v) is 10.9. The predicted molar refractivity (Wildman–Crippen MR) is 121 cm³/mol. The van der Waals surface area contributed by atoms with Crippen LogP contribution >= 0.6 is 34.7 Å². The van der Waals surface area contributed by atoms with Gasteiger partial charge in [0.25, 0.3) is 5.56 Å². The molecule has 5 nitrogen and oxygen atoms in total. The maximum absolute atomic E-state index is 12.7. The summed E-state index contributed by atoms with van der Waals surface area (Å²) in [6.07, 6.45) is 0. The van der Waals surface area contributed by atoms with E-state index in [9.17, 15) is 9.59 Å². The molecule has 0 saturated heterocycles. The molecule has 0 aliphatic rings. The van der Waals surface area contributed by atoms with Crippen molar-refractivity contribution in [1.29, 1.82) is 0 Å². The van der Waals surface area contributed by atoms with Crippen molar-refractivity contribution in [3.05, 3.63) is 75.4 Å². The molecular formula is C21H16ClN3O2S2. The second kappa shape index (κ2) is 8.41. The van der Waals surface area contributed by atoms with E-state index < -0.39 is 5.25 Å². The van der Waals surface area contributed by atoms with Crippen LogP contribution in [0.1, 0.15) is 6.92 Å². The van der Waals surface area contributed by atoms with Crippen LogP contribution in [0.2, 0.25) is 5.02 Å². The summed E-state index contributed by atoms with van der Waals surface area (Å²) in [6.45, 7) is 1.76.